The highest BCUT2D eigenvalue weighted by Crippen LogP contribution is 2.34. The number of imide groups is 1. The summed E-state index contributed by atoms with van der Waals surface area (Å²) in [5, 5.41) is 2.25. The van der Waals surface area contributed by atoms with Gasteiger partial charge in [0.1, 0.15) is 25.0 Å². The average molecular weight is 469 g/mol. The molecule has 3 aliphatic rings. The lowest BCUT2D eigenvalue weighted by Crippen LogP contribution is -2.52. The molecule has 0 saturated carbocycles. The number of amides is 4. The molecule has 3 heterocycles. The monoisotopic (exact) mass is 468 g/mol. The molecule has 1 atom stereocenters. The second kappa shape index (κ2) is 9.26. The molecule has 0 radical (unpaired) electrons. The Bertz CT molecular complexity index is 1400. The summed E-state index contributed by atoms with van der Waals surface area (Å²) in [4.78, 5) is 51.4. The van der Waals surface area contributed by atoms with Crippen molar-refractivity contribution in [2.45, 2.75) is 38.5 Å². The summed E-state index contributed by atoms with van der Waals surface area (Å²) in [7, 11) is 0. The van der Waals surface area contributed by atoms with Gasteiger partial charge in [0.2, 0.25) is 17.7 Å². The zero-order valence-electron chi connectivity index (χ0n) is 23.2. The van der Waals surface area contributed by atoms with Crippen LogP contribution >= 0.6 is 0 Å². The maximum atomic E-state index is 13.0. The van der Waals surface area contributed by atoms with Crippen molar-refractivity contribution in [3.05, 3.63) is 64.6 Å². The third-order valence-corrected chi connectivity index (χ3v) is 5.89. The van der Waals surface area contributed by atoms with E-state index in [1.54, 1.807) is 18.2 Å². The number of fused-ring (bicyclic) bond motifs is 1. The van der Waals surface area contributed by atoms with Crippen LogP contribution in [0.1, 0.15) is 46.7 Å². The number of rotatable bonds is 6. The predicted octanol–water partition coefficient (Wildman–Crippen LogP) is 1.39. The first-order chi connectivity index (χ1) is 18.5. The number of nitrogens with one attached hydrogen (secondary N) is 1. The van der Waals surface area contributed by atoms with E-state index in [9.17, 15) is 19.2 Å². The molecule has 2 aromatic carbocycles. The van der Waals surface area contributed by atoms with Gasteiger partial charge in [0.25, 0.3) is 5.91 Å². The highest BCUT2D eigenvalue weighted by atomic mass is 16.5. The molecule has 3 aliphatic heterocycles. The fraction of sp³-hybridized carbons (Fsp3) is 0.360. The second-order valence-electron chi connectivity index (χ2n) is 8.11. The van der Waals surface area contributed by atoms with E-state index < -0.39 is 36.4 Å². The second-order valence-corrected chi connectivity index (χ2v) is 8.11. The standard InChI is InChI=1S/C25H25N3O6/c29-22-9-8-20(24(31)26-22)28-13-19-18(25(28)32)2-1-3-21(19)34-14-17-6-4-16(5-7-17)12-27-10-11-33-15-23(27)30/h1-7,20H,8-15H2,(H,26,29,31)/i4D,6D,7D,12D2. The molecule has 9 heteroatoms. The van der Waals surface area contributed by atoms with Crippen LogP contribution in [0, 0.1) is 0 Å². The number of benzene rings is 2. The van der Waals surface area contributed by atoms with E-state index in [0.717, 1.165) is 11.0 Å². The average Bonchev–Trinajstić information content (AvgIpc) is 3.23. The van der Waals surface area contributed by atoms with E-state index in [1.165, 1.54) is 4.90 Å². The number of ether oxygens (including phenoxy) is 2. The molecule has 4 amide bonds. The number of piperidine rings is 1. The van der Waals surface area contributed by atoms with Crippen molar-refractivity contribution in [2.24, 2.45) is 0 Å². The van der Waals surface area contributed by atoms with Gasteiger partial charge in [-0.15, -0.1) is 0 Å². The number of carbonyl (C=O) groups is 4. The summed E-state index contributed by atoms with van der Waals surface area (Å²) >= 11 is 0. The number of carbonyl (C=O) groups excluding carboxylic acids is 4. The van der Waals surface area contributed by atoms with Crippen LogP contribution < -0.4 is 10.1 Å². The van der Waals surface area contributed by atoms with E-state index >= 15 is 0 Å². The topological polar surface area (TPSA) is 105 Å². The van der Waals surface area contributed by atoms with Gasteiger partial charge in [0.15, 0.2) is 0 Å². The SMILES string of the molecule is [2H]c1cc(C([2H])([2H])N2CCOCC2=O)c([2H])c([2H])c1COc1cccc2c1CN(C1CCC(=O)NC1=O)C2=O. The fourth-order valence-corrected chi connectivity index (χ4v) is 4.14. The molecule has 1 unspecified atom stereocenters. The minimum Gasteiger partial charge on any atom is -0.489 e. The van der Waals surface area contributed by atoms with Crippen molar-refractivity contribution in [3.63, 3.8) is 0 Å². The molecular weight excluding hydrogens is 438 g/mol. The number of nitrogens with zero attached hydrogens (tertiary/aromatic N) is 2. The molecule has 2 saturated heterocycles. The quantitative estimate of drug-likeness (QED) is 0.643. The molecule has 0 aromatic heterocycles. The Hall–Kier alpha value is -3.72. The third-order valence-electron chi connectivity index (χ3n) is 5.89. The fourth-order valence-electron chi connectivity index (χ4n) is 4.14. The van der Waals surface area contributed by atoms with Gasteiger partial charge in [-0.1, -0.05) is 30.3 Å². The summed E-state index contributed by atoms with van der Waals surface area (Å²) in [5.74, 6) is -1.57. The van der Waals surface area contributed by atoms with Gasteiger partial charge in [-0.3, -0.25) is 24.5 Å². The lowest BCUT2D eigenvalue weighted by molar-refractivity contribution is -0.143. The van der Waals surface area contributed by atoms with Gasteiger partial charge in [0, 0.05) is 30.6 Å². The van der Waals surface area contributed by atoms with Gasteiger partial charge in [-0.25, -0.2) is 0 Å². The Kier molecular flexibility index (Phi) is 4.58. The number of hydrogen-bond donors (Lipinski definition) is 1. The van der Waals surface area contributed by atoms with E-state index in [2.05, 4.69) is 5.32 Å². The molecule has 176 valence electrons. The van der Waals surface area contributed by atoms with Gasteiger partial charge in [-0.05, 0) is 29.7 Å². The zero-order chi connectivity index (χ0) is 28.1. The van der Waals surface area contributed by atoms with Crippen LogP contribution in [-0.4, -0.2) is 59.2 Å². The summed E-state index contributed by atoms with van der Waals surface area (Å²) in [5.41, 5.74) is 0.629. The van der Waals surface area contributed by atoms with Crippen LogP contribution in [-0.2, 0) is 38.8 Å². The first-order valence-electron chi connectivity index (χ1n) is 13.4. The van der Waals surface area contributed by atoms with Crippen molar-refractivity contribution < 1.29 is 35.5 Å². The highest BCUT2D eigenvalue weighted by Gasteiger charge is 2.40. The molecule has 2 aromatic rings. The lowest BCUT2D eigenvalue weighted by atomic mass is 10.0. The van der Waals surface area contributed by atoms with Crippen LogP contribution in [0.25, 0.3) is 0 Å². The van der Waals surface area contributed by atoms with Crippen molar-refractivity contribution in [3.8, 4) is 5.75 Å². The minimum absolute atomic E-state index is 0.0233. The van der Waals surface area contributed by atoms with Crippen LogP contribution in [0.2, 0.25) is 0 Å². The Morgan fingerprint density at radius 3 is 2.82 bits per heavy atom. The Morgan fingerprint density at radius 2 is 2.00 bits per heavy atom. The van der Waals surface area contributed by atoms with Crippen molar-refractivity contribution in [1.29, 1.82) is 0 Å². The molecule has 34 heavy (non-hydrogen) atoms. The molecule has 1 N–H and O–H groups in total. The van der Waals surface area contributed by atoms with Gasteiger partial charge >= 0.3 is 0 Å². The molecule has 5 rings (SSSR count). The van der Waals surface area contributed by atoms with Gasteiger partial charge in [-0.2, -0.15) is 0 Å². The summed E-state index contributed by atoms with van der Waals surface area (Å²) in [6, 6.07) is 4.07. The van der Waals surface area contributed by atoms with E-state index in [1.807, 2.05) is 0 Å². The van der Waals surface area contributed by atoms with Crippen LogP contribution in [0.4, 0.5) is 0 Å². The van der Waals surface area contributed by atoms with Crippen molar-refractivity contribution >= 4 is 23.6 Å². The summed E-state index contributed by atoms with van der Waals surface area (Å²) in [6.07, 6.45) is 0.342. The molecule has 0 aliphatic carbocycles. The van der Waals surface area contributed by atoms with Crippen molar-refractivity contribution in [1.82, 2.24) is 15.1 Å². The molecule has 2 fully saturated rings. The molecule has 9 nitrogen and oxygen atoms in total. The smallest absolute Gasteiger partial charge is 0.255 e. The van der Waals surface area contributed by atoms with Crippen molar-refractivity contribution in [2.75, 3.05) is 19.8 Å². The summed E-state index contributed by atoms with van der Waals surface area (Å²) < 4.78 is 53.2. The number of morpholine rings is 1. The third kappa shape index (κ3) is 4.38. The first-order valence-corrected chi connectivity index (χ1v) is 10.9. The Balaban J connectivity index is 1.37. The first kappa shape index (κ1) is 16.8. The van der Waals surface area contributed by atoms with Crippen LogP contribution in [0.15, 0.2) is 42.4 Å². The van der Waals surface area contributed by atoms with Gasteiger partial charge in [0.05, 0.1) is 20.0 Å². The Morgan fingerprint density at radius 1 is 1.15 bits per heavy atom. The molecule has 0 spiro atoms. The lowest BCUT2D eigenvalue weighted by Gasteiger charge is -2.29. The van der Waals surface area contributed by atoms with E-state index in [4.69, 9.17) is 16.3 Å². The molecule has 0 bridgehead atoms. The Labute approximate surface area is 203 Å². The summed E-state index contributed by atoms with van der Waals surface area (Å²) in [6.45, 7) is -2.81. The van der Waals surface area contributed by atoms with E-state index in [0.29, 0.717) is 16.9 Å². The largest absolute Gasteiger partial charge is 0.489 e. The zero-order valence-corrected chi connectivity index (χ0v) is 18.2. The maximum absolute atomic E-state index is 13.0. The highest BCUT2D eigenvalue weighted by molar-refractivity contribution is 6.05. The number of hydrogen-bond acceptors (Lipinski definition) is 6. The van der Waals surface area contributed by atoms with Crippen LogP contribution in [0.3, 0.4) is 0 Å². The van der Waals surface area contributed by atoms with Gasteiger partial charge < -0.3 is 19.3 Å². The predicted molar refractivity (Wildman–Crippen MR) is 119 cm³/mol. The minimum atomic E-state index is -2.41. The molecular formula is C25H25N3O6. The van der Waals surface area contributed by atoms with E-state index in [-0.39, 0.29) is 74.7 Å². The van der Waals surface area contributed by atoms with Crippen LogP contribution in [0.5, 0.6) is 5.75 Å². The maximum Gasteiger partial charge on any atom is 0.255 e. The normalized spacial score (nSPS) is 22.9.